The van der Waals surface area contributed by atoms with Gasteiger partial charge in [0.2, 0.25) is 5.91 Å². The first kappa shape index (κ1) is 15.1. The van der Waals surface area contributed by atoms with Crippen LogP contribution in [0.15, 0.2) is 0 Å². The molecule has 2 aliphatic rings. The van der Waals surface area contributed by atoms with E-state index in [1.807, 2.05) is 11.8 Å². The van der Waals surface area contributed by atoms with Gasteiger partial charge in [-0.05, 0) is 26.2 Å². The van der Waals surface area contributed by atoms with Crippen LogP contribution >= 0.6 is 0 Å². The van der Waals surface area contributed by atoms with E-state index in [2.05, 4.69) is 10.6 Å². The summed E-state index contributed by atoms with van der Waals surface area (Å²) in [5.41, 5.74) is 0. The lowest BCUT2D eigenvalue weighted by Crippen LogP contribution is -2.49. The summed E-state index contributed by atoms with van der Waals surface area (Å²) < 4.78 is 0. The van der Waals surface area contributed by atoms with E-state index in [0.29, 0.717) is 19.0 Å². The van der Waals surface area contributed by atoms with Crippen molar-refractivity contribution in [3.05, 3.63) is 0 Å². The molecule has 1 aliphatic carbocycles. The molecule has 2 rings (SSSR count). The zero-order valence-electron chi connectivity index (χ0n) is 12.5. The van der Waals surface area contributed by atoms with Crippen LogP contribution in [-0.2, 0) is 4.79 Å². The molecule has 1 aliphatic heterocycles. The topological polar surface area (TPSA) is 61.4 Å². The number of likely N-dealkylation sites (tertiary alicyclic amines) is 1. The lowest BCUT2D eigenvalue weighted by atomic mass is 10.1. The van der Waals surface area contributed by atoms with Crippen molar-refractivity contribution < 1.29 is 9.59 Å². The molecule has 0 aromatic heterocycles. The van der Waals surface area contributed by atoms with Crippen molar-refractivity contribution in [3.63, 3.8) is 0 Å². The maximum atomic E-state index is 12.0. The van der Waals surface area contributed by atoms with Crippen LogP contribution < -0.4 is 10.6 Å². The van der Waals surface area contributed by atoms with E-state index in [9.17, 15) is 9.59 Å². The van der Waals surface area contributed by atoms with Gasteiger partial charge in [0.25, 0.3) is 0 Å². The van der Waals surface area contributed by atoms with Crippen LogP contribution in [0.4, 0.5) is 4.79 Å². The van der Waals surface area contributed by atoms with E-state index in [1.165, 1.54) is 25.7 Å². The highest BCUT2D eigenvalue weighted by Crippen LogP contribution is 2.17. The summed E-state index contributed by atoms with van der Waals surface area (Å²) in [5.74, 6) is 0.211. The van der Waals surface area contributed by atoms with E-state index in [1.54, 1.807) is 0 Å². The molecule has 1 atom stereocenters. The first-order valence-electron chi connectivity index (χ1n) is 8.00. The minimum Gasteiger partial charge on any atom is -0.341 e. The monoisotopic (exact) mass is 281 g/mol. The van der Waals surface area contributed by atoms with Crippen molar-refractivity contribution in [2.45, 2.75) is 70.4 Å². The lowest BCUT2D eigenvalue weighted by molar-refractivity contribution is -0.127. The largest absolute Gasteiger partial charge is 0.341 e. The normalized spacial score (nSPS) is 22.4. The van der Waals surface area contributed by atoms with Crippen LogP contribution in [0, 0.1) is 0 Å². The number of carbonyl (C=O) groups excluding carboxylic acids is 2. The molecule has 0 aromatic rings. The first-order valence-corrected chi connectivity index (χ1v) is 8.00. The van der Waals surface area contributed by atoms with E-state index >= 15 is 0 Å². The quantitative estimate of drug-likeness (QED) is 0.774. The summed E-state index contributed by atoms with van der Waals surface area (Å²) in [4.78, 5) is 25.4. The van der Waals surface area contributed by atoms with Crippen molar-refractivity contribution in [3.8, 4) is 0 Å². The molecule has 1 unspecified atom stereocenters. The lowest BCUT2D eigenvalue weighted by Gasteiger charge is -2.23. The molecule has 114 valence electrons. The molecular weight excluding hydrogens is 254 g/mol. The molecular formula is C15H27N3O2. The SMILES string of the molecule is CC(CN1CCCC1=O)NC(=O)NC1CCCCCC1. The van der Waals surface area contributed by atoms with Gasteiger partial charge in [-0.3, -0.25) is 4.79 Å². The summed E-state index contributed by atoms with van der Waals surface area (Å²) in [6, 6.07) is 0.233. The minimum absolute atomic E-state index is 0.00262. The molecule has 0 spiro atoms. The molecule has 3 amide bonds. The average Bonchev–Trinajstić information content (AvgIpc) is 2.65. The third-order valence-corrected chi connectivity index (χ3v) is 4.23. The molecule has 0 bridgehead atoms. The van der Waals surface area contributed by atoms with E-state index in [-0.39, 0.29) is 18.0 Å². The Morgan fingerprint density at radius 1 is 1.25 bits per heavy atom. The van der Waals surface area contributed by atoms with Gasteiger partial charge in [-0.1, -0.05) is 25.7 Å². The Bertz CT molecular complexity index is 338. The molecule has 2 N–H and O–H groups in total. The summed E-state index contributed by atoms with van der Waals surface area (Å²) in [5, 5.41) is 6.02. The van der Waals surface area contributed by atoms with Crippen molar-refractivity contribution in [2.75, 3.05) is 13.1 Å². The van der Waals surface area contributed by atoms with Crippen molar-refractivity contribution >= 4 is 11.9 Å². The molecule has 5 nitrogen and oxygen atoms in total. The van der Waals surface area contributed by atoms with Crippen LogP contribution in [0.3, 0.4) is 0 Å². The maximum Gasteiger partial charge on any atom is 0.315 e. The van der Waals surface area contributed by atoms with Gasteiger partial charge in [0.15, 0.2) is 0 Å². The second-order valence-corrected chi connectivity index (χ2v) is 6.15. The van der Waals surface area contributed by atoms with Gasteiger partial charge in [0, 0.05) is 31.6 Å². The minimum atomic E-state index is -0.0870. The third-order valence-electron chi connectivity index (χ3n) is 4.23. The maximum absolute atomic E-state index is 12.0. The standard InChI is InChI=1S/C15H27N3O2/c1-12(11-18-10-6-9-14(18)19)16-15(20)17-13-7-4-2-3-5-8-13/h12-13H,2-11H2,1H3,(H2,16,17,20). The van der Waals surface area contributed by atoms with Crippen LogP contribution in [0.2, 0.25) is 0 Å². The van der Waals surface area contributed by atoms with Gasteiger partial charge in [0.1, 0.15) is 0 Å². The first-order chi connectivity index (χ1) is 9.65. The van der Waals surface area contributed by atoms with Gasteiger partial charge in [-0.25, -0.2) is 4.79 Å². The number of carbonyl (C=O) groups is 2. The number of hydrogen-bond donors (Lipinski definition) is 2. The van der Waals surface area contributed by atoms with Gasteiger partial charge in [-0.15, -0.1) is 0 Å². The zero-order chi connectivity index (χ0) is 14.4. The van der Waals surface area contributed by atoms with Gasteiger partial charge < -0.3 is 15.5 Å². The molecule has 5 heteroatoms. The molecule has 1 saturated carbocycles. The zero-order valence-corrected chi connectivity index (χ0v) is 12.5. The van der Waals surface area contributed by atoms with Crippen molar-refractivity contribution in [1.82, 2.24) is 15.5 Å². The third kappa shape index (κ3) is 4.69. The van der Waals surface area contributed by atoms with Gasteiger partial charge in [-0.2, -0.15) is 0 Å². The van der Waals surface area contributed by atoms with Crippen molar-refractivity contribution in [1.29, 1.82) is 0 Å². The number of nitrogens with zero attached hydrogens (tertiary/aromatic N) is 1. The second kappa shape index (κ2) is 7.50. The summed E-state index contributed by atoms with van der Waals surface area (Å²) in [7, 11) is 0. The van der Waals surface area contributed by atoms with E-state index in [4.69, 9.17) is 0 Å². The molecule has 20 heavy (non-hydrogen) atoms. The highest BCUT2D eigenvalue weighted by Gasteiger charge is 2.23. The van der Waals surface area contributed by atoms with Gasteiger partial charge >= 0.3 is 6.03 Å². The highest BCUT2D eigenvalue weighted by molar-refractivity contribution is 5.78. The second-order valence-electron chi connectivity index (χ2n) is 6.15. The Kier molecular flexibility index (Phi) is 5.68. The number of urea groups is 1. The number of hydrogen-bond acceptors (Lipinski definition) is 2. The molecule has 0 aromatic carbocycles. The predicted molar refractivity (Wildman–Crippen MR) is 78.4 cm³/mol. The number of rotatable bonds is 4. The Labute approximate surface area is 121 Å². The Balaban J connectivity index is 1.68. The molecule has 0 radical (unpaired) electrons. The van der Waals surface area contributed by atoms with E-state index < -0.39 is 0 Å². The fraction of sp³-hybridized carbons (Fsp3) is 0.867. The number of amides is 3. The Hall–Kier alpha value is -1.26. The Morgan fingerprint density at radius 3 is 2.55 bits per heavy atom. The fourth-order valence-electron chi connectivity index (χ4n) is 3.15. The summed E-state index contributed by atoms with van der Waals surface area (Å²) in [6.45, 7) is 3.41. The van der Waals surface area contributed by atoms with Crippen LogP contribution in [0.25, 0.3) is 0 Å². The summed E-state index contributed by atoms with van der Waals surface area (Å²) in [6.07, 6.45) is 8.77. The van der Waals surface area contributed by atoms with Crippen LogP contribution in [-0.4, -0.2) is 42.0 Å². The smallest absolute Gasteiger partial charge is 0.315 e. The predicted octanol–water partition coefficient (Wildman–Crippen LogP) is 2.02. The van der Waals surface area contributed by atoms with Crippen molar-refractivity contribution in [2.24, 2.45) is 0 Å². The van der Waals surface area contributed by atoms with Crippen LogP contribution in [0.1, 0.15) is 58.3 Å². The molecule has 1 heterocycles. The van der Waals surface area contributed by atoms with Gasteiger partial charge in [0.05, 0.1) is 0 Å². The highest BCUT2D eigenvalue weighted by atomic mass is 16.2. The summed E-state index contributed by atoms with van der Waals surface area (Å²) >= 11 is 0. The number of nitrogens with one attached hydrogen (secondary N) is 2. The average molecular weight is 281 g/mol. The Morgan fingerprint density at radius 2 is 1.95 bits per heavy atom. The fourth-order valence-corrected chi connectivity index (χ4v) is 3.15. The van der Waals surface area contributed by atoms with Crippen LogP contribution in [0.5, 0.6) is 0 Å². The molecule has 1 saturated heterocycles. The van der Waals surface area contributed by atoms with E-state index in [0.717, 1.165) is 25.8 Å². The molecule has 2 fully saturated rings.